The highest BCUT2D eigenvalue weighted by molar-refractivity contribution is 5.79. The fourth-order valence-corrected chi connectivity index (χ4v) is 3.04. The number of aliphatic carboxylic acids is 1. The highest BCUT2D eigenvalue weighted by Gasteiger charge is 2.08. The summed E-state index contributed by atoms with van der Waals surface area (Å²) < 4.78 is 0. The zero-order chi connectivity index (χ0) is 16.5. The van der Waals surface area contributed by atoms with Gasteiger partial charge in [0.15, 0.2) is 0 Å². The maximum Gasteiger partial charge on any atom is 0.327 e. The van der Waals surface area contributed by atoms with Gasteiger partial charge < -0.3 is 5.11 Å². The first kappa shape index (κ1) is 21.2. The molecule has 0 heterocycles. The van der Waals surface area contributed by atoms with E-state index in [0.29, 0.717) is 0 Å². The first-order valence-corrected chi connectivity index (χ1v) is 9.60. The predicted octanol–water partition coefficient (Wildman–Crippen LogP) is 6.74. The molecule has 0 saturated carbocycles. The van der Waals surface area contributed by atoms with Crippen LogP contribution in [0.15, 0.2) is 12.2 Å². The Morgan fingerprint density at radius 2 is 1.32 bits per heavy atom. The van der Waals surface area contributed by atoms with Crippen molar-refractivity contribution < 1.29 is 9.90 Å². The van der Waals surface area contributed by atoms with Crippen LogP contribution >= 0.6 is 0 Å². The van der Waals surface area contributed by atoms with Gasteiger partial charge >= 0.3 is 5.97 Å². The Morgan fingerprint density at radius 1 is 0.818 bits per heavy atom. The van der Waals surface area contributed by atoms with Gasteiger partial charge in [0.25, 0.3) is 0 Å². The Hall–Kier alpha value is -0.790. The molecule has 0 spiro atoms. The molecular weight excluding hydrogens is 272 g/mol. The van der Waals surface area contributed by atoms with E-state index in [1.54, 1.807) is 6.08 Å². The normalized spacial score (nSPS) is 12.8. The largest absolute Gasteiger partial charge is 0.478 e. The van der Waals surface area contributed by atoms with E-state index >= 15 is 0 Å². The summed E-state index contributed by atoms with van der Waals surface area (Å²) in [6.45, 7) is 4.53. The van der Waals surface area contributed by atoms with E-state index < -0.39 is 5.97 Å². The minimum absolute atomic E-state index is 0.827. The van der Waals surface area contributed by atoms with E-state index in [1.165, 1.54) is 83.1 Å². The average Bonchev–Trinajstić information content (AvgIpc) is 2.49. The standard InChI is InChI=1S/C20H38O2/c1-3-5-7-8-9-12-16-19(15-11-6-4-2)17-13-10-14-18-20(21)22/h14,18-19H,3-13,15-17H2,1-2H3,(H,21,22)/b18-14+/t19-/m0/s1. The van der Waals surface area contributed by atoms with Crippen LogP contribution in [-0.4, -0.2) is 11.1 Å². The van der Waals surface area contributed by atoms with Gasteiger partial charge in [-0.05, 0) is 18.8 Å². The van der Waals surface area contributed by atoms with Crippen molar-refractivity contribution in [2.45, 2.75) is 104 Å². The molecule has 0 aromatic rings. The number of rotatable bonds is 16. The number of carboxylic acids is 1. The molecule has 0 aromatic heterocycles. The van der Waals surface area contributed by atoms with E-state index in [1.807, 2.05) is 0 Å². The molecule has 0 saturated heterocycles. The molecule has 0 aromatic carbocycles. The molecule has 0 bridgehead atoms. The predicted molar refractivity (Wildman–Crippen MR) is 96.3 cm³/mol. The Labute approximate surface area is 138 Å². The third kappa shape index (κ3) is 15.6. The first-order chi connectivity index (χ1) is 10.7. The second kappa shape index (κ2) is 16.6. The average molecular weight is 311 g/mol. The zero-order valence-corrected chi connectivity index (χ0v) is 15.0. The smallest absolute Gasteiger partial charge is 0.327 e. The molecule has 0 aliphatic carbocycles. The summed E-state index contributed by atoms with van der Waals surface area (Å²) in [5.74, 6) is 0.0301. The molecule has 0 fully saturated rings. The Bertz CT molecular complexity index is 271. The van der Waals surface area contributed by atoms with Gasteiger partial charge in [-0.2, -0.15) is 0 Å². The molecule has 0 radical (unpaired) electrons. The fraction of sp³-hybridized carbons (Fsp3) is 0.850. The maximum absolute atomic E-state index is 10.4. The summed E-state index contributed by atoms with van der Waals surface area (Å²) >= 11 is 0. The van der Waals surface area contributed by atoms with Gasteiger partial charge in [0, 0.05) is 6.08 Å². The van der Waals surface area contributed by atoms with Crippen LogP contribution in [0.5, 0.6) is 0 Å². The van der Waals surface area contributed by atoms with Crippen molar-refractivity contribution in [2.75, 3.05) is 0 Å². The van der Waals surface area contributed by atoms with Crippen LogP contribution in [0.4, 0.5) is 0 Å². The molecule has 0 unspecified atom stereocenters. The van der Waals surface area contributed by atoms with Gasteiger partial charge in [-0.25, -0.2) is 4.79 Å². The number of hydrogen-bond donors (Lipinski definition) is 1. The third-order valence-corrected chi connectivity index (χ3v) is 4.43. The van der Waals surface area contributed by atoms with Crippen molar-refractivity contribution in [2.24, 2.45) is 5.92 Å². The summed E-state index contributed by atoms with van der Waals surface area (Å²) in [7, 11) is 0. The molecular formula is C20H38O2. The number of allylic oxidation sites excluding steroid dienone is 1. The molecule has 1 N–H and O–H groups in total. The summed E-state index contributed by atoms with van der Waals surface area (Å²) in [4.78, 5) is 10.4. The van der Waals surface area contributed by atoms with E-state index in [4.69, 9.17) is 5.11 Å². The van der Waals surface area contributed by atoms with Crippen molar-refractivity contribution >= 4 is 5.97 Å². The van der Waals surface area contributed by atoms with E-state index in [-0.39, 0.29) is 0 Å². The van der Waals surface area contributed by atoms with Crippen LogP contribution in [0.3, 0.4) is 0 Å². The molecule has 22 heavy (non-hydrogen) atoms. The second-order valence-electron chi connectivity index (χ2n) is 6.59. The second-order valence-corrected chi connectivity index (χ2v) is 6.59. The van der Waals surface area contributed by atoms with Gasteiger partial charge in [0.1, 0.15) is 0 Å². The third-order valence-electron chi connectivity index (χ3n) is 4.43. The van der Waals surface area contributed by atoms with Crippen LogP contribution in [0.1, 0.15) is 104 Å². The number of unbranched alkanes of at least 4 members (excludes halogenated alkanes) is 8. The van der Waals surface area contributed by atoms with Crippen molar-refractivity contribution in [3.63, 3.8) is 0 Å². The highest BCUT2D eigenvalue weighted by Crippen LogP contribution is 2.23. The Morgan fingerprint density at radius 3 is 1.95 bits per heavy atom. The van der Waals surface area contributed by atoms with Crippen molar-refractivity contribution in [1.29, 1.82) is 0 Å². The minimum Gasteiger partial charge on any atom is -0.478 e. The van der Waals surface area contributed by atoms with Crippen molar-refractivity contribution in [3.8, 4) is 0 Å². The summed E-state index contributed by atoms with van der Waals surface area (Å²) in [5.41, 5.74) is 0. The van der Waals surface area contributed by atoms with Crippen LogP contribution in [0, 0.1) is 5.92 Å². The molecule has 2 nitrogen and oxygen atoms in total. The topological polar surface area (TPSA) is 37.3 Å². The summed E-state index contributed by atoms with van der Waals surface area (Å²) in [5, 5.41) is 8.58. The van der Waals surface area contributed by atoms with Crippen LogP contribution in [0.25, 0.3) is 0 Å². The Kier molecular flexibility index (Phi) is 16.0. The van der Waals surface area contributed by atoms with Gasteiger partial charge in [-0.3, -0.25) is 0 Å². The van der Waals surface area contributed by atoms with Gasteiger partial charge in [-0.15, -0.1) is 0 Å². The van der Waals surface area contributed by atoms with Crippen LogP contribution < -0.4 is 0 Å². The quantitative estimate of drug-likeness (QED) is 0.253. The zero-order valence-electron chi connectivity index (χ0n) is 15.0. The summed E-state index contributed by atoms with van der Waals surface area (Å²) in [6.07, 6.45) is 21.4. The van der Waals surface area contributed by atoms with E-state index in [2.05, 4.69) is 13.8 Å². The highest BCUT2D eigenvalue weighted by atomic mass is 16.4. The van der Waals surface area contributed by atoms with E-state index in [0.717, 1.165) is 18.8 Å². The molecule has 1 atom stereocenters. The summed E-state index contributed by atoms with van der Waals surface area (Å²) in [6, 6.07) is 0. The van der Waals surface area contributed by atoms with Crippen LogP contribution in [-0.2, 0) is 4.79 Å². The number of hydrogen-bond acceptors (Lipinski definition) is 1. The minimum atomic E-state index is -0.827. The molecule has 0 rings (SSSR count). The van der Waals surface area contributed by atoms with Crippen molar-refractivity contribution in [1.82, 2.24) is 0 Å². The number of carboxylic acid groups (broad SMARTS) is 1. The van der Waals surface area contributed by atoms with Crippen molar-refractivity contribution in [3.05, 3.63) is 12.2 Å². The van der Waals surface area contributed by atoms with Gasteiger partial charge in [-0.1, -0.05) is 97.0 Å². The van der Waals surface area contributed by atoms with Gasteiger partial charge in [0.2, 0.25) is 0 Å². The maximum atomic E-state index is 10.4. The molecule has 2 heteroatoms. The monoisotopic (exact) mass is 310 g/mol. The molecule has 0 amide bonds. The lowest BCUT2D eigenvalue weighted by Gasteiger charge is -2.16. The van der Waals surface area contributed by atoms with Gasteiger partial charge in [0.05, 0.1) is 0 Å². The number of carbonyl (C=O) groups is 1. The lowest BCUT2D eigenvalue weighted by Crippen LogP contribution is -2.01. The first-order valence-electron chi connectivity index (χ1n) is 9.60. The van der Waals surface area contributed by atoms with E-state index in [9.17, 15) is 4.79 Å². The Balaban J connectivity index is 3.80. The lowest BCUT2D eigenvalue weighted by molar-refractivity contribution is -0.131. The fourth-order valence-electron chi connectivity index (χ4n) is 3.04. The molecule has 0 aliphatic heterocycles. The van der Waals surface area contributed by atoms with Crippen LogP contribution in [0.2, 0.25) is 0 Å². The SMILES string of the molecule is CCCCCCCC[C@@H](CCC/C=C/C(=O)O)CCCCC. The molecule has 130 valence electrons. The molecule has 0 aliphatic rings. The lowest BCUT2D eigenvalue weighted by atomic mass is 9.90.